The summed E-state index contributed by atoms with van der Waals surface area (Å²) in [4.78, 5) is 2.16. The topological polar surface area (TPSA) is 3.24 Å². The molecule has 0 amide bonds. The Morgan fingerprint density at radius 2 is 1.95 bits per heavy atom. The van der Waals surface area contributed by atoms with Crippen LogP contribution in [0, 0.1) is 5.82 Å². The van der Waals surface area contributed by atoms with E-state index in [-0.39, 0.29) is 5.82 Å². The highest BCUT2D eigenvalue weighted by Crippen LogP contribution is 2.34. The fourth-order valence-electron chi connectivity index (χ4n) is 2.21. The lowest BCUT2D eigenvalue weighted by Crippen LogP contribution is -2.18. The first-order valence-electron chi connectivity index (χ1n) is 6.30. The van der Waals surface area contributed by atoms with Crippen molar-refractivity contribution in [3.63, 3.8) is 0 Å². The van der Waals surface area contributed by atoms with E-state index in [1.54, 1.807) is 23.9 Å². The Morgan fingerprint density at radius 1 is 1.15 bits per heavy atom. The van der Waals surface area contributed by atoms with Gasteiger partial charge in [-0.25, -0.2) is 4.39 Å². The van der Waals surface area contributed by atoms with Gasteiger partial charge in [0.2, 0.25) is 0 Å². The molecule has 1 aliphatic rings. The van der Waals surface area contributed by atoms with E-state index >= 15 is 0 Å². The van der Waals surface area contributed by atoms with Crippen LogP contribution in [0.25, 0.3) is 5.70 Å². The molecule has 2 aromatic carbocycles. The lowest BCUT2D eigenvalue weighted by atomic mass is 10.1. The molecule has 0 atom stereocenters. The van der Waals surface area contributed by atoms with E-state index in [1.807, 2.05) is 23.6 Å². The van der Waals surface area contributed by atoms with E-state index in [0.717, 1.165) is 18.1 Å². The largest absolute Gasteiger partial charge is 0.357 e. The van der Waals surface area contributed by atoms with Crippen molar-refractivity contribution in [3.05, 3.63) is 75.9 Å². The third-order valence-corrected chi connectivity index (χ3v) is 4.27. The van der Waals surface area contributed by atoms with Crippen LogP contribution in [0.5, 0.6) is 0 Å². The van der Waals surface area contributed by atoms with Gasteiger partial charge in [-0.05, 0) is 29.2 Å². The van der Waals surface area contributed by atoms with E-state index in [0.29, 0.717) is 10.6 Å². The Kier molecular flexibility index (Phi) is 3.99. The maximum Gasteiger partial charge on any atom is 0.132 e. The van der Waals surface area contributed by atoms with Gasteiger partial charge in [-0.2, -0.15) is 0 Å². The monoisotopic (exact) mass is 305 g/mol. The summed E-state index contributed by atoms with van der Waals surface area (Å²) < 4.78 is 14.0. The second kappa shape index (κ2) is 5.90. The minimum Gasteiger partial charge on any atom is -0.357 e. The molecule has 1 nitrogen and oxygen atoms in total. The van der Waals surface area contributed by atoms with Crippen LogP contribution in [0.2, 0.25) is 5.02 Å². The maximum absolute atomic E-state index is 14.0. The second-order valence-electron chi connectivity index (χ2n) is 4.61. The third kappa shape index (κ3) is 2.84. The summed E-state index contributed by atoms with van der Waals surface area (Å²) in [5.41, 5.74) is 2.68. The molecular weight excluding hydrogens is 293 g/mol. The highest BCUT2D eigenvalue weighted by Gasteiger charge is 2.20. The highest BCUT2D eigenvalue weighted by molar-refractivity contribution is 8.02. The van der Waals surface area contributed by atoms with Gasteiger partial charge in [0.05, 0.1) is 11.6 Å². The average Bonchev–Trinajstić information content (AvgIpc) is 2.91. The van der Waals surface area contributed by atoms with E-state index in [2.05, 4.69) is 17.0 Å². The van der Waals surface area contributed by atoms with Crippen LogP contribution in [0.4, 0.5) is 4.39 Å². The molecule has 0 saturated heterocycles. The lowest BCUT2D eigenvalue weighted by Gasteiger charge is -2.22. The highest BCUT2D eigenvalue weighted by atomic mass is 35.5. The molecule has 20 heavy (non-hydrogen) atoms. The summed E-state index contributed by atoms with van der Waals surface area (Å²) in [6.45, 7) is 0.769. The van der Waals surface area contributed by atoms with Crippen molar-refractivity contribution < 1.29 is 4.39 Å². The number of hydrogen-bond donors (Lipinski definition) is 0. The summed E-state index contributed by atoms with van der Waals surface area (Å²) in [5.74, 6) is 0.595. The number of hydrogen-bond acceptors (Lipinski definition) is 2. The fraction of sp³-hybridized carbons (Fsp3) is 0.125. The predicted molar refractivity (Wildman–Crippen MR) is 83.8 cm³/mol. The number of rotatable bonds is 3. The van der Waals surface area contributed by atoms with Crippen molar-refractivity contribution in [1.82, 2.24) is 4.90 Å². The smallest absolute Gasteiger partial charge is 0.132 e. The molecule has 1 heterocycles. The van der Waals surface area contributed by atoms with E-state index in [4.69, 9.17) is 11.6 Å². The zero-order valence-corrected chi connectivity index (χ0v) is 12.3. The van der Waals surface area contributed by atoms with Gasteiger partial charge in [0, 0.05) is 17.1 Å². The quantitative estimate of drug-likeness (QED) is 0.786. The summed E-state index contributed by atoms with van der Waals surface area (Å²) in [6, 6.07) is 14.9. The Balaban J connectivity index is 1.87. The standard InChI is InChI=1S/C16H13ClFNS/c17-13-6-7-15(18)14(8-13)16-10-20-11-19(16)9-12-4-2-1-3-5-12/h1-8,10H,9,11H2. The molecule has 4 heteroatoms. The molecule has 0 unspecified atom stereocenters. The molecule has 0 saturated carbocycles. The van der Waals surface area contributed by atoms with Gasteiger partial charge in [0.1, 0.15) is 5.82 Å². The van der Waals surface area contributed by atoms with Gasteiger partial charge in [-0.3, -0.25) is 0 Å². The Morgan fingerprint density at radius 3 is 2.75 bits per heavy atom. The molecule has 0 radical (unpaired) electrons. The summed E-state index contributed by atoms with van der Waals surface area (Å²) in [7, 11) is 0. The molecule has 1 aliphatic heterocycles. The van der Waals surface area contributed by atoms with Gasteiger partial charge >= 0.3 is 0 Å². The Labute approximate surface area is 127 Å². The molecule has 3 rings (SSSR count). The van der Waals surface area contributed by atoms with E-state index in [9.17, 15) is 4.39 Å². The van der Waals surface area contributed by atoms with Crippen molar-refractivity contribution in [2.24, 2.45) is 0 Å². The molecule has 0 spiro atoms. The van der Waals surface area contributed by atoms with Crippen LogP contribution in [0.15, 0.2) is 53.9 Å². The molecule has 0 bridgehead atoms. The first-order chi connectivity index (χ1) is 9.74. The SMILES string of the molecule is Fc1ccc(Cl)cc1C1=CSCN1Cc1ccccc1. The Bertz CT molecular complexity index is 642. The van der Waals surface area contributed by atoms with E-state index < -0.39 is 0 Å². The summed E-state index contributed by atoms with van der Waals surface area (Å²) >= 11 is 7.66. The van der Waals surface area contributed by atoms with Gasteiger partial charge in [-0.15, -0.1) is 11.8 Å². The summed E-state index contributed by atoms with van der Waals surface area (Å²) in [5, 5.41) is 2.55. The molecule has 0 fully saturated rings. The average molecular weight is 306 g/mol. The number of benzene rings is 2. The second-order valence-corrected chi connectivity index (χ2v) is 5.87. The van der Waals surface area contributed by atoms with Crippen LogP contribution in [-0.4, -0.2) is 10.8 Å². The van der Waals surface area contributed by atoms with Crippen LogP contribution < -0.4 is 0 Å². The predicted octanol–water partition coefficient (Wildman–Crippen LogP) is 4.98. The van der Waals surface area contributed by atoms with Crippen molar-refractivity contribution in [2.75, 3.05) is 5.88 Å². The van der Waals surface area contributed by atoms with Crippen molar-refractivity contribution in [1.29, 1.82) is 0 Å². The van der Waals surface area contributed by atoms with Gasteiger partial charge in [0.25, 0.3) is 0 Å². The molecule has 0 aliphatic carbocycles. The summed E-state index contributed by atoms with van der Waals surface area (Å²) in [6.07, 6.45) is 0. The van der Waals surface area contributed by atoms with Crippen LogP contribution in [-0.2, 0) is 6.54 Å². The lowest BCUT2D eigenvalue weighted by molar-refractivity contribution is 0.460. The van der Waals surface area contributed by atoms with E-state index in [1.165, 1.54) is 11.6 Å². The zero-order chi connectivity index (χ0) is 13.9. The van der Waals surface area contributed by atoms with Crippen molar-refractivity contribution >= 4 is 29.1 Å². The molecular formula is C16H13ClFNS. The molecule has 0 aromatic heterocycles. The van der Waals surface area contributed by atoms with Crippen molar-refractivity contribution in [3.8, 4) is 0 Å². The number of halogens is 2. The van der Waals surface area contributed by atoms with Crippen LogP contribution >= 0.6 is 23.4 Å². The van der Waals surface area contributed by atoms with Crippen LogP contribution in [0.3, 0.4) is 0 Å². The normalized spacial score (nSPS) is 14.5. The fourth-order valence-corrected chi connectivity index (χ4v) is 3.30. The first kappa shape index (κ1) is 13.5. The zero-order valence-electron chi connectivity index (χ0n) is 10.7. The maximum atomic E-state index is 14.0. The first-order valence-corrected chi connectivity index (χ1v) is 7.73. The number of thioether (sulfide) groups is 1. The molecule has 0 N–H and O–H groups in total. The minimum atomic E-state index is -0.235. The third-order valence-electron chi connectivity index (χ3n) is 3.19. The van der Waals surface area contributed by atoms with Gasteiger partial charge in [-0.1, -0.05) is 41.9 Å². The molecule has 2 aromatic rings. The van der Waals surface area contributed by atoms with Crippen LogP contribution in [0.1, 0.15) is 11.1 Å². The van der Waals surface area contributed by atoms with Crippen molar-refractivity contribution in [2.45, 2.75) is 6.54 Å². The number of nitrogens with zero attached hydrogens (tertiary/aromatic N) is 1. The minimum absolute atomic E-state index is 0.235. The Hall–Kier alpha value is -1.45. The molecule has 102 valence electrons. The van der Waals surface area contributed by atoms with Gasteiger partial charge < -0.3 is 4.90 Å². The van der Waals surface area contributed by atoms with Gasteiger partial charge in [0.15, 0.2) is 0 Å².